The zero-order chi connectivity index (χ0) is 16.4. The Hall–Kier alpha value is -2.11. The molecule has 126 valence electrons. The molecule has 2 aromatic heterocycles. The third kappa shape index (κ3) is 4.04. The van der Waals surface area contributed by atoms with Crippen molar-refractivity contribution in [3.05, 3.63) is 68.5 Å². The van der Waals surface area contributed by atoms with Crippen molar-refractivity contribution in [3.63, 3.8) is 0 Å². The van der Waals surface area contributed by atoms with E-state index in [9.17, 15) is 4.79 Å². The van der Waals surface area contributed by atoms with Gasteiger partial charge in [0, 0.05) is 17.0 Å². The monoisotopic (exact) mass is 361 g/mol. The van der Waals surface area contributed by atoms with E-state index in [2.05, 4.69) is 30.9 Å². The van der Waals surface area contributed by atoms with Crippen LogP contribution >= 0.6 is 23.7 Å². The number of benzene rings is 1. The highest BCUT2D eigenvalue weighted by Crippen LogP contribution is 2.26. The summed E-state index contributed by atoms with van der Waals surface area (Å²) in [5.41, 5.74) is 2.35. The molecule has 0 fully saturated rings. The molecule has 0 bridgehead atoms. The Morgan fingerprint density at radius 3 is 2.50 bits per heavy atom. The van der Waals surface area contributed by atoms with E-state index in [0.717, 1.165) is 16.4 Å². The maximum absolute atomic E-state index is 12.1. The van der Waals surface area contributed by atoms with Gasteiger partial charge >= 0.3 is 0 Å². The summed E-state index contributed by atoms with van der Waals surface area (Å²) in [6.07, 6.45) is 5.48. The van der Waals surface area contributed by atoms with Crippen LogP contribution in [0.5, 0.6) is 0 Å². The first-order chi connectivity index (χ1) is 10.9. The molecule has 0 saturated carbocycles. The topological polar surface area (TPSA) is 50.7 Å². The van der Waals surface area contributed by atoms with Gasteiger partial charge < -0.3 is 0 Å². The van der Waals surface area contributed by atoms with E-state index in [1.165, 1.54) is 0 Å². The van der Waals surface area contributed by atoms with Gasteiger partial charge in [-0.1, -0.05) is 39.0 Å². The van der Waals surface area contributed by atoms with Gasteiger partial charge in [-0.05, 0) is 24.3 Å². The number of H-pyrrole nitrogens is 1. The van der Waals surface area contributed by atoms with Crippen molar-refractivity contribution in [2.75, 3.05) is 0 Å². The average molecular weight is 362 g/mol. The quantitative estimate of drug-likeness (QED) is 0.746. The predicted molar refractivity (Wildman–Crippen MR) is 103 cm³/mol. The Morgan fingerprint density at radius 1 is 1.17 bits per heavy atom. The number of thiazole rings is 1. The van der Waals surface area contributed by atoms with Crippen molar-refractivity contribution in [3.8, 4) is 5.69 Å². The number of halogens is 1. The molecule has 0 spiro atoms. The lowest BCUT2D eigenvalue weighted by atomic mass is 9.98. The van der Waals surface area contributed by atoms with Crippen molar-refractivity contribution in [1.82, 2.24) is 14.8 Å². The van der Waals surface area contributed by atoms with E-state index in [-0.39, 0.29) is 23.4 Å². The first-order valence-corrected chi connectivity index (χ1v) is 8.32. The molecule has 1 N–H and O–H groups in total. The first-order valence-electron chi connectivity index (χ1n) is 7.45. The molecule has 3 aromatic rings. The van der Waals surface area contributed by atoms with Gasteiger partial charge in [-0.15, -0.1) is 23.7 Å². The summed E-state index contributed by atoms with van der Waals surface area (Å²) in [6.45, 7) is 6.43. The summed E-state index contributed by atoms with van der Waals surface area (Å²) >= 11 is 1.64. The fourth-order valence-electron chi connectivity index (χ4n) is 2.13. The number of hydrogen-bond donors (Lipinski definition) is 1. The van der Waals surface area contributed by atoms with Crippen LogP contribution in [0.15, 0.2) is 46.7 Å². The van der Waals surface area contributed by atoms with Crippen LogP contribution in [0.3, 0.4) is 0 Å². The molecular weight excluding hydrogens is 342 g/mol. The molecule has 0 unspecified atom stereocenters. The van der Waals surface area contributed by atoms with Gasteiger partial charge in [-0.3, -0.25) is 14.6 Å². The van der Waals surface area contributed by atoms with Crippen LogP contribution < -0.4 is 5.56 Å². The number of nitrogens with one attached hydrogen (secondary N) is 1. The third-order valence-electron chi connectivity index (χ3n) is 3.38. The number of aromatic nitrogens is 3. The van der Waals surface area contributed by atoms with Crippen LogP contribution in [-0.2, 0) is 5.41 Å². The van der Waals surface area contributed by atoms with Gasteiger partial charge in [0.25, 0.3) is 5.56 Å². The van der Waals surface area contributed by atoms with Crippen LogP contribution in [-0.4, -0.2) is 14.8 Å². The molecule has 6 heteroatoms. The van der Waals surface area contributed by atoms with Crippen molar-refractivity contribution >= 4 is 35.9 Å². The van der Waals surface area contributed by atoms with Gasteiger partial charge in [-0.2, -0.15) is 0 Å². The smallest absolute Gasteiger partial charge is 0.267 e. The summed E-state index contributed by atoms with van der Waals surface area (Å²) in [5, 5.41) is 5.92. The Kier molecular flexibility index (Phi) is 5.47. The average Bonchev–Trinajstić information content (AvgIpc) is 3.12. The standard InChI is InChI=1S/C18H19N3OS.ClH/c1-18(2,3)17-19-14(12-23-17)10-9-13-11-21(20-16(13)22)15-7-5-4-6-8-15;/h4-12H,1-3H3,(H,20,22);1H. The second-order valence-corrected chi connectivity index (χ2v) is 7.25. The second kappa shape index (κ2) is 7.20. The van der Waals surface area contributed by atoms with Crippen molar-refractivity contribution in [2.45, 2.75) is 26.2 Å². The molecule has 0 aliphatic rings. The Morgan fingerprint density at radius 2 is 1.88 bits per heavy atom. The highest BCUT2D eigenvalue weighted by molar-refractivity contribution is 7.09. The van der Waals surface area contributed by atoms with Crippen molar-refractivity contribution < 1.29 is 0 Å². The minimum absolute atomic E-state index is 0. The highest BCUT2D eigenvalue weighted by Gasteiger charge is 2.17. The molecule has 3 rings (SSSR count). The van der Waals surface area contributed by atoms with Crippen molar-refractivity contribution in [1.29, 1.82) is 0 Å². The molecule has 0 saturated heterocycles. The zero-order valence-corrected chi connectivity index (χ0v) is 15.4. The summed E-state index contributed by atoms with van der Waals surface area (Å²) in [5.74, 6) is 0. The minimum Gasteiger partial charge on any atom is -0.267 e. The number of aromatic amines is 1. The summed E-state index contributed by atoms with van der Waals surface area (Å²) in [7, 11) is 0. The van der Waals surface area contributed by atoms with Gasteiger partial charge in [0.15, 0.2) is 0 Å². The second-order valence-electron chi connectivity index (χ2n) is 6.39. The third-order valence-corrected chi connectivity index (χ3v) is 4.67. The summed E-state index contributed by atoms with van der Waals surface area (Å²) < 4.78 is 1.73. The normalized spacial score (nSPS) is 11.6. The number of hydrogen-bond acceptors (Lipinski definition) is 3. The summed E-state index contributed by atoms with van der Waals surface area (Å²) in [4.78, 5) is 16.7. The molecule has 0 atom stereocenters. The van der Waals surface area contributed by atoms with Crippen LogP contribution in [0, 0.1) is 0 Å². The molecule has 0 aliphatic heterocycles. The minimum atomic E-state index is -0.114. The highest BCUT2D eigenvalue weighted by atomic mass is 35.5. The number of nitrogens with zero attached hydrogens (tertiary/aromatic N) is 2. The maximum atomic E-state index is 12.1. The van der Waals surface area contributed by atoms with Crippen LogP contribution in [0.4, 0.5) is 0 Å². The van der Waals surface area contributed by atoms with Gasteiger partial charge in [-0.25, -0.2) is 4.98 Å². The number of rotatable bonds is 3. The molecule has 0 aliphatic carbocycles. The molecule has 2 heterocycles. The van der Waals surface area contributed by atoms with E-state index in [1.54, 1.807) is 28.3 Å². The van der Waals surface area contributed by atoms with Crippen LogP contribution in [0.1, 0.15) is 37.0 Å². The Bertz CT molecular complexity index is 885. The van der Waals surface area contributed by atoms with E-state index in [1.807, 2.05) is 41.8 Å². The Balaban J connectivity index is 0.00000208. The first kappa shape index (κ1) is 18.2. The van der Waals surface area contributed by atoms with Crippen LogP contribution in [0.25, 0.3) is 17.8 Å². The largest absolute Gasteiger partial charge is 0.271 e. The fourth-order valence-corrected chi connectivity index (χ4v) is 3.01. The summed E-state index contributed by atoms with van der Waals surface area (Å²) in [6, 6.07) is 9.71. The molecule has 4 nitrogen and oxygen atoms in total. The zero-order valence-electron chi connectivity index (χ0n) is 13.8. The molecule has 24 heavy (non-hydrogen) atoms. The molecule has 1 aromatic carbocycles. The van der Waals surface area contributed by atoms with Gasteiger partial charge in [0.1, 0.15) is 0 Å². The molecule has 0 radical (unpaired) electrons. The Labute approximate surface area is 151 Å². The van der Waals surface area contributed by atoms with Crippen molar-refractivity contribution in [2.24, 2.45) is 0 Å². The van der Waals surface area contributed by atoms with E-state index in [0.29, 0.717) is 5.56 Å². The fraction of sp³-hybridized carbons (Fsp3) is 0.222. The maximum Gasteiger partial charge on any atom is 0.271 e. The predicted octanol–water partition coefficient (Wildman–Crippen LogP) is 4.51. The lowest BCUT2D eigenvalue weighted by Gasteiger charge is -2.13. The van der Waals surface area contributed by atoms with E-state index in [4.69, 9.17) is 0 Å². The lowest BCUT2D eigenvalue weighted by Crippen LogP contribution is -2.10. The van der Waals surface area contributed by atoms with Gasteiger partial charge in [0.05, 0.1) is 22.0 Å². The van der Waals surface area contributed by atoms with Gasteiger partial charge in [0.2, 0.25) is 0 Å². The SMILES string of the molecule is CC(C)(C)c1nc(C=Cc2cn(-c3ccccc3)[nH]c2=O)cs1.Cl. The van der Waals surface area contributed by atoms with E-state index >= 15 is 0 Å². The number of para-hydroxylation sites is 1. The van der Waals surface area contributed by atoms with E-state index < -0.39 is 0 Å². The lowest BCUT2D eigenvalue weighted by molar-refractivity contribution is 0.585. The van der Waals surface area contributed by atoms with Crippen LogP contribution in [0.2, 0.25) is 0 Å². The molecule has 0 amide bonds. The molecular formula is C18H20ClN3OS.